The molecule has 0 atom stereocenters. The van der Waals surface area contributed by atoms with Crippen molar-refractivity contribution in [3.8, 4) is 0 Å². The summed E-state index contributed by atoms with van der Waals surface area (Å²) in [6.07, 6.45) is 5.35. The van der Waals surface area contributed by atoms with Gasteiger partial charge < -0.3 is 21.3 Å². The Bertz CT molecular complexity index is 1180. The molecule has 0 spiro atoms. The van der Waals surface area contributed by atoms with E-state index in [4.69, 9.17) is 10.7 Å². The van der Waals surface area contributed by atoms with E-state index >= 15 is 0 Å². The fourth-order valence-electron chi connectivity index (χ4n) is 4.36. The summed E-state index contributed by atoms with van der Waals surface area (Å²) in [4.78, 5) is 35.9. The summed E-state index contributed by atoms with van der Waals surface area (Å²) in [7, 11) is 0. The molecule has 3 heterocycles. The first-order chi connectivity index (χ1) is 16.1. The highest BCUT2D eigenvalue weighted by molar-refractivity contribution is 6.07. The molecule has 0 radical (unpaired) electrons. The smallest absolute Gasteiger partial charge is 0.252 e. The van der Waals surface area contributed by atoms with Gasteiger partial charge in [-0.3, -0.25) is 9.59 Å². The minimum atomic E-state index is -0.221. The zero-order valence-corrected chi connectivity index (χ0v) is 18.5. The zero-order valence-electron chi connectivity index (χ0n) is 18.5. The van der Waals surface area contributed by atoms with Gasteiger partial charge >= 0.3 is 0 Å². The van der Waals surface area contributed by atoms with Crippen LogP contribution in [0.1, 0.15) is 41.6 Å². The number of aromatic nitrogens is 2. The number of carbonyl (C=O) groups is 2. The highest BCUT2D eigenvalue weighted by Crippen LogP contribution is 2.27. The lowest BCUT2D eigenvalue weighted by Gasteiger charge is -2.32. The van der Waals surface area contributed by atoms with Crippen molar-refractivity contribution in [3.63, 3.8) is 0 Å². The normalized spacial score (nSPS) is 16.5. The number of pyridine rings is 2. The van der Waals surface area contributed by atoms with Gasteiger partial charge in [0, 0.05) is 48.7 Å². The molecule has 4 N–H and O–H groups in total. The van der Waals surface area contributed by atoms with E-state index in [0.717, 1.165) is 61.1 Å². The van der Waals surface area contributed by atoms with E-state index < -0.39 is 0 Å². The molecule has 0 unspecified atom stereocenters. The van der Waals surface area contributed by atoms with Crippen molar-refractivity contribution < 1.29 is 9.59 Å². The maximum atomic E-state index is 12.9. The SMILES string of the molecule is NC(=O)C1CCN(c2ncccc2CNc2cc(C(=O)NC3CC3)c3ccccc3n2)CC1. The minimum Gasteiger partial charge on any atom is -0.369 e. The van der Waals surface area contributed by atoms with Crippen LogP contribution in [-0.2, 0) is 11.3 Å². The molecule has 8 heteroatoms. The maximum Gasteiger partial charge on any atom is 0.252 e. The first-order valence-corrected chi connectivity index (χ1v) is 11.5. The Kier molecular flexibility index (Phi) is 5.81. The molecule has 5 rings (SSSR count). The molecule has 170 valence electrons. The summed E-state index contributed by atoms with van der Waals surface area (Å²) in [5.74, 6) is 1.21. The van der Waals surface area contributed by atoms with E-state index in [0.29, 0.717) is 17.9 Å². The number of hydrogen-bond donors (Lipinski definition) is 3. The topological polar surface area (TPSA) is 113 Å². The molecule has 3 aromatic rings. The Balaban J connectivity index is 1.35. The number of nitrogens with one attached hydrogen (secondary N) is 2. The van der Waals surface area contributed by atoms with Gasteiger partial charge in [-0.1, -0.05) is 24.3 Å². The fraction of sp³-hybridized carbons (Fsp3) is 0.360. The van der Waals surface area contributed by atoms with Crippen molar-refractivity contribution >= 4 is 34.4 Å². The van der Waals surface area contributed by atoms with Gasteiger partial charge in [0.05, 0.1) is 11.1 Å². The van der Waals surface area contributed by atoms with Crippen LogP contribution in [0.15, 0.2) is 48.7 Å². The Labute approximate surface area is 192 Å². The quantitative estimate of drug-likeness (QED) is 0.516. The number of nitrogens with zero attached hydrogens (tertiary/aromatic N) is 3. The lowest BCUT2D eigenvalue weighted by atomic mass is 9.96. The van der Waals surface area contributed by atoms with Crippen LogP contribution in [0.3, 0.4) is 0 Å². The molecule has 8 nitrogen and oxygen atoms in total. The third kappa shape index (κ3) is 4.74. The van der Waals surface area contributed by atoms with Gasteiger partial charge in [0.25, 0.3) is 5.91 Å². The van der Waals surface area contributed by atoms with Crippen LogP contribution >= 0.6 is 0 Å². The van der Waals surface area contributed by atoms with Crippen LogP contribution in [0.25, 0.3) is 10.9 Å². The molecule has 2 aliphatic rings. The lowest BCUT2D eigenvalue weighted by molar-refractivity contribution is -0.122. The molecule has 33 heavy (non-hydrogen) atoms. The van der Waals surface area contributed by atoms with E-state index in [1.165, 1.54) is 0 Å². The number of nitrogens with two attached hydrogens (primary N) is 1. The van der Waals surface area contributed by atoms with E-state index in [-0.39, 0.29) is 23.8 Å². The van der Waals surface area contributed by atoms with Gasteiger partial charge in [0.2, 0.25) is 5.91 Å². The van der Waals surface area contributed by atoms with Crippen LogP contribution < -0.4 is 21.3 Å². The number of anilines is 2. The van der Waals surface area contributed by atoms with Gasteiger partial charge in [0.15, 0.2) is 0 Å². The molecule has 2 amide bonds. The van der Waals surface area contributed by atoms with Crippen molar-refractivity contribution in [2.75, 3.05) is 23.3 Å². The molecule has 1 saturated heterocycles. The summed E-state index contributed by atoms with van der Waals surface area (Å²) in [5, 5.41) is 7.32. The predicted octanol–water partition coefficient (Wildman–Crippen LogP) is 2.84. The van der Waals surface area contributed by atoms with Gasteiger partial charge in [-0.05, 0) is 43.9 Å². The van der Waals surface area contributed by atoms with E-state index in [1.807, 2.05) is 42.5 Å². The zero-order chi connectivity index (χ0) is 22.8. The molecular weight excluding hydrogens is 416 g/mol. The number of primary amides is 1. The van der Waals surface area contributed by atoms with Crippen molar-refractivity contribution in [3.05, 3.63) is 59.8 Å². The van der Waals surface area contributed by atoms with Crippen LogP contribution in [-0.4, -0.2) is 40.9 Å². The molecule has 1 saturated carbocycles. The van der Waals surface area contributed by atoms with Crippen LogP contribution in [0.2, 0.25) is 0 Å². The second-order valence-electron chi connectivity index (χ2n) is 8.82. The number of para-hydroxylation sites is 1. The predicted molar refractivity (Wildman–Crippen MR) is 128 cm³/mol. The Hall–Kier alpha value is -3.68. The number of hydrogen-bond acceptors (Lipinski definition) is 6. The van der Waals surface area contributed by atoms with E-state index in [2.05, 4.69) is 20.5 Å². The first-order valence-electron chi connectivity index (χ1n) is 11.5. The Morgan fingerprint density at radius 2 is 1.85 bits per heavy atom. The highest BCUT2D eigenvalue weighted by Gasteiger charge is 2.26. The van der Waals surface area contributed by atoms with Crippen LogP contribution in [0.4, 0.5) is 11.6 Å². The largest absolute Gasteiger partial charge is 0.369 e. The third-order valence-corrected chi connectivity index (χ3v) is 6.40. The minimum absolute atomic E-state index is 0.0569. The van der Waals surface area contributed by atoms with Crippen molar-refractivity contribution in [1.29, 1.82) is 0 Å². The number of rotatable bonds is 7. The molecule has 1 aromatic carbocycles. The molecule has 2 fully saturated rings. The maximum absolute atomic E-state index is 12.9. The van der Waals surface area contributed by atoms with Gasteiger partial charge in [0.1, 0.15) is 11.6 Å². The average Bonchev–Trinajstić information content (AvgIpc) is 3.66. The molecule has 2 aromatic heterocycles. The number of fused-ring (bicyclic) bond motifs is 1. The van der Waals surface area contributed by atoms with Crippen LogP contribution in [0.5, 0.6) is 0 Å². The number of benzene rings is 1. The van der Waals surface area contributed by atoms with Gasteiger partial charge in [-0.2, -0.15) is 0 Å². The molecular formula is C25H28N6O2. The van der Waals surface area contributed by atoms with Crippen molar-refractivity contribution in [1.82, 2.24) is 15.3 Å². The molecule has 1 aliphatic carbocycles. The van der Waals surface area contributed by atoms with Crippen LogP contribution in [0, 0.1) is 5.92 Å². The van der Waals surface area contributed by atoms with E-state index in [9.17, 15) is 9.59 Å². The Morgan fingerprint density at radius 1 is 1.06 bits per heavy atom. The molecule has 1 aliphatic heterocycles. The second kappa shape index (κ2) is 9.05. The summed E-state index contributed by atoms with van der Waals surface area (Å²) in [5.41, 5.74) is 7.93. The van der Waals surface area contributed by atoms with E-state index in [1.54, 1.807) is 6.20 Å². The first kappa shape index (κ1) is 21.2. The van der Waals surface area contributed by atoms with Crippen molar-refractivity contribution in [2.24, 2.45) is 11.7 Å². The number of carbonyl (C=O) groups excluding carboxylic acids is 2. The van der Waals surface area contributed by atoms with Gasteiger partial charge in [-0.25, -0.2) is 9.97 Å². The third-order valence-electron chi connectivity index (χ3n) is 6.40. The second-order valence-corrected chi connectivity index (χ2v) is 8.82. The summed E-state index contributed by atoms with van der Waals surface area (Å²) in [6.45, 7) is 2.02. The highest BCUT2D eigenvalue weighted by atomic mass is 16.2. The fourth-order valence-corrected chi connectivity index (χ4v) is 4.36. The summed E-state index contributed by atoms with van der Waals surface area (Å²) < 4.78 is 0. The number of amides is 2. The van der Waals surface area contributed by atoms with Crippen molar-refractivity contribution in [2.45, 2.75) is 38.3 Å². The standard InChI is InChI=1S/C25H28N6O2/c26-23(32)16-9-12-31(13-10-16)24-17(4-3-11-27-24)15-28-22-14-20(25(33)29-18-7-8-18)19-5-1-2-6-21(19)30-22/h1-6,11,14,16,18H,7-10,12-13,15H2,(H2,26,32)(H,28,30)(H,29,33). The Morgan fingerprint density at radius 3 is 2.61 bits per heavy atom. The van der Waals surface area contributed by atoms with Gasteiger partial charge in [-0.15, -0.1) is 0 Å². The summed E-state index contributed by atoms with van der Waals surface area (Å²) in [6, 6.07) is 13.8. The number of piperidine rings is 1. The molecule has 0 bridgehead atoms. The monoisotopic (exact) mass is 444 g/mol. The summed E-state index contributed by atoms with van der Waals surface area (Å²) >= 11 is 0. The average molecular weight is 445 g/mol. The lowest BCUT2D eigenvalue weighted by Crippen LogP contribution is -2.39.